The Labute approximate surface area is 125 Å². The van der Waals surface area contributed by atoms with Crippen molar-refractivity contribution in [2.45, 2.75) is 39.8 Å². The van der Waals surface area contributed by atoms with E-state index in [-0.39, 0.29) is 18.0 Å². The van der Waals surface area contributed by atoms with Crippen molar-refractivity contribution in [3.63, 3.8) is 0 Å². The molecular weight excluding hydrogens is 264 g/mol. The number of carbonyl (C=O) groups excluding carboxylic acids is 1. The van der Waals surface area contributed by atoms with E-state index >= 15 is 0 Å². The van der Waals surface area contributed by atoms with E-state index in [1.165, 1.54) is 5.56 Å². The molecule has 1 aliphatic rings. The van der Waals surface area contributed by atoms with Crippen LogP contribution in [0.4, 0.5) is 0 Å². The lowest BCUT2D eigenvalue weighted by atomic mass is 10.1. The number of amides is 1. The van der Waals surface area contributed by atoms with Crippen LogP contribution >= 0.6 is 0 Å². The number of morpholine rings is 1. The predicted octanol–water partition coefficient (Wildman–Crippen LogP) is 3.03. The fraction of sp³-hybridized carbons (Fsp3) is 0.471. The van der Waals surface area contributed by atoms with Crippen molar-refractivity contribution in [2.75, 3.05) is 13.2 Å². The van der Waals surface area contributed by atoms with Gasteiger partial charge in [-0.15, -0.1) is 0 Å². The standard InChI is InChI=1S/C17H22N2O2/c1-10-8-21-9-11(2)19(10)17(20)14-5-6-16-15(7-14)12(3)13(4)18-16/h5-7,10-11,18H,8-9H2,1-4H3/t10-,11+. The van der Waals surface area contributed by atoms with Crippen molar-refractivity contribution in [2.24, 2.45) is 0 Å². The van der Waals surface area contributed by atoms with Crippen molar-refractivity contribution in [3.8, 4) is 0 Å². The molecule has 0 bridgehead atoms. The molecule has 112 valence electrons. The van der Waals surface area contributed by atoms with Crippen molar-refractivity contribution in [1.82, 2.24) is 9.88 Å². The number of hydrogen-bond donors (Lipinski definition) is 1. The molecule has 2 heterocycles. The lowest BCUT2D eigenvalue weighted by molar-refractivity contribution is -0.0249. The molecule has 1 N–H and O–H groups in total. The van der Waals surface area contributed by atoms with Gasteiger partial charge in [-0.2, -0.15) is 0 Å². The molecule has 4 nitrogen and oxygen atoms in total. The third-order valence-electron chi connectivity index (χ3n) is 4.46. The van der Waals surface area contributed by atoms with E-state index in [0.717, 1.165) is 22.2 Å². The topological polar surface area (TPSA) is 45.3 Å². The van der Waals surface area contributed by atoms with E-state index in [4.69, 9.17) is 4.74 Å². The van der Waals surface area contributed by atoms with Gasteiger partial charge in [-0.05, 0) is 51.5 Å². The summed E-state index contributed by atoms with van der Waals surface area (Å²) in [4.78, 5) is 18.1. The number of rotatable bonds is 1. The predicted molar refractivity (Wildman–Crippen MR) is 83.7 cm³/mol. The molecule has 4 heteroatoms. The zero-order chi connectivity index (χ0) is 15.1. The first-order valence-corrected chi connectivity index (χ1v) is 7.48. The van der Waals surface area contributed by atoms with Gasteiger partial charge in [-0.1, -0.05) is 0 Å². The fourth-order valence-corrected chi connectivity index (χ4v) is 3.15. The highest BCUT2D eigenvalue weighted by Crippen LogP contribution is 2.24. The quantitative estimate of drug-likeness (QED) is 0.876. The van der Waals surface area contributed by atoms with Gasteiger partial charge in [0.25, 0.3) is 5.91 Å². The molecule has 1 fully saturated rings. The number of nitrogens with one attached hydrogen (secondary N) is 1. The lowest BCUT2D eigenvalue weighted by Crippen LogP contribution is -2.52. The Morgan fingerprint density at radius 2 is 1.90 bits per heavy atom. The summed E-state index contributed by atoms with van der Waals surface area (Å²) in [6, 6.07) is 6.15. The lowest BCUT2D eigenvalue weighted by Gasteiger charge is -2.38. The maximum Gasteiger partial charge on any atom is 0.254 e. The summed E-state index contributed by atoms with van der Waals surface area (Å²) < 4.78 is 5.50. The second kappa shape index (κ2) is 5.19. The van der Waals surface area contributed by atoms with Gasteiger partial charge in [0.15, 0.2) is 0 Å². The second-order valence-corrected chi connectivity index (χ2v) is 6.08. The molecule has 1 saturated heterocycles. The van der Waals surface area contributed by atoms with Gasteiger partial charge in [0, 0.05) is 22.2 Å². The van der Waals surface area contributed by atoms with E-state index in [9.17, 15) is 4.79 Å². The summed E-state index contributed by atoms with van der Waals surface area (Å²) in [5, 5.41) is 1.13. The maximum atomic E-state index is 12.8. The summed E-state index contributed by atoms with van der Waals surface area (Å²) in [6.45, 7) is 9.45. The van der Waals surface area contributed by atoms with E-state index in [0.29, 0.717) is 13.2 Å². The molecule has 3 rings (SSSR count). The third kappa shape index (κ3) is 2.33. The van der Waals surface area contributed by atoms with Gasteiger partial charge < -0.3 is 14.6 Å². The van der Waals surface area contributed by atoms with Gasteiger partial charge in [0.2, 0.25) is 0 Å². The summed E-state index contributed by atoms with van der Waals surface area (Å²) in [5.74, 6) is 0.0958. The first-order valence-electron chi connectivity index (χ1n) is 7.48. The van der Waals surface area contributed by atoms with Crippen LogP contribution in [0.3, 0.4) is 0 Å². The number of benzene rings is 1. The highest BCUT2D eigenvalue weighted by Gasteiger charge is 2.30. The molecule has 2 atom stereocenters. The Hall–Kier alpha value is -1.81. The smallest absolute Gasteiger partial charge is 0.254 e. The number of nitrogens with zero attached hydrogens (tertiary/aromatic N) is 1. The van der Waals surface area contributed by atoms with Crippen LogP contribution in [0.15, 0.2) is 18.2 Å². The van der Waals surface area contributed by atoms with Crippen molar-refractivity contribution < 1.29 is 9.53 Å². The van der Waals surface area contributed by atoms with Crippen molar-refractivity contribution in [1.29, 1.82) is 0 Å². The molecule has 21 heavy (non-hydrogen) atoms. The average molecular weight is 286 g/mol. The zero-order valence-electron chi connectivity index (χ0n) is 13.1. The number of aryl methyl sites for hydroxylation is 2. The van der Waals surface area contributed by atoms with Crippen molar-refractivity contribution >= 4 is 16.8 Å². The normalized spacial score (nSPS) is 22.8. The monoisotopic (exact) mass is 286 g/mol. The SMILES string of the molecule is Cc1[nH]c2ccc(C(=O)N3[C@H](C)COC[C@@H]3C)cc2c1C. The van der Waals surface area contributed by atoms with Crippen LogP contribution in [-0.4, -0.2) is 41.1 Å². The van der Waals surface area contributed by atoms with Crippen LogP contribution in [-0.2, 0) is 4.74 Å². The Balaban J connectivity index is 1.99. The number of aromatic amines is 1. The molecule has 0 unspecified atom stereocenters. The molecule has 2 aromatic rings. The Bertz CT molecular complexity index is 679. The van der Waals surface area contributed by atoms with Crippen LogP contribution in [0.25, 0.3) is 10.9 Å². The highest BCUT2D eigenvalue weighted by atomic mass is 16.5. The molecule has 0 radical (unpaired) electrons. The number of aromatic nitrogens is 1. The molecule has 1 amide bonds. The first kappa shape index (κ1) is 14.1. The molecule has 0 aliphatic carbocycles. The van der Waals surface area contributed by atoms with E-state index < -0.39 is 0 Å². The number of carbonyl (C=O) groups is 1. The summed E-state index contributed by atoms with van der Waals surface area (Å²) in [6.07, 6.45) is 0. The molecule has 1 aliphatic heterocycles. The van der Waals surface area contributed by atoms with Crippen LogP contribution < -0.4 is 0 Å². The van der Waals surface area contributed by atoms with Crippen LogP contribution in [0, 0.1) is 13.8 Å². The van der Waals surface area contributed by atoms with Gasteiger partial charge in [0.05, 0.1) is 25.3 Å². The molecule has 1 aromatic heterocycles. The number of ether oxygens (including phenoxy) is 1. The maximum absolute atomic E-state index is 12.8. The summed E-state index contributed by atoms with van der Waals surface area (Å²) in [5.41, 5.74) is 4.21. The largest absolute Gasteiger partial charge is 0.377 e. The number of H-pyrrole nitrogens is 1. The molecular formula is C17H22N2O2. The average Bonchev–Trinajstić information content (AvgIpc) is 2.73. The molecule has 0 spiro atoms. The van der Waals surface area contributed by atoms with E-state index in [1.807, 2.05) is 36.9 Å². The van der Waals surface area contributed by atoms with Gasteiger partial charge >= 0.3 is 0 Å². The Morgan fingerprint density at radius 3 is 2.57 bits per heavy atom. The second-order valence-electron chi connectivity index (χ2n) is 6.08. The summed E-state index contributed by atoms with van der Waals surface area (Å²) in [7, 11) is 0. The fourth-order valence-electron chi connectivity index (χ4n) is 3.15. The van der Waals surface area contributed by atoms with Gasteiger partial charge in [-0.25, -0.2) is 0 Å². The van der Waals surface area contributed by atoms with E-state index in [2.05, 4.69) is 18.8 Å². The van der Waals surface area contributed by atoms with Crippen molar-refractivity contribution in [3.05, 3.63) is 35.0 Å². The third-order valence-corrected chi connectivity index (χ3v) is 4.46. The number of hydrogen-bond acceptors (Lipinski definition) is 2. The minimum absolute atomic E-state index is 0.0958. The van der Waals surface area contributed by atoms with Crippen LogP contribution in [0.1, 0.15) is 35.5 Å². The number of fused-ring (bicyclic) bond motifs is 1. The zero-order valence-corrected chi connectivity index (χ0v) is 13.1. The van der Waals surface area contributed by atoms with Gasteiger partial charge in [-0.3, -0.25) is 4.79 Å². The Morgan fingerprint density at radius 1 is 1.24 bits per heavy atom. The minimum Gasteiger partial charge on any atom is -0.377 e. The van der Waals surface area contributed by atoms with E-state index in [1.54, 1.807) is 0 Å². The van der Waals surface area contributed by atoms with Crippen LogP contribution in [0.2, 0.25) is 0 Å². The van der Waals surface area contributed by atoms with Gasteiger partial charge in [0.1, 0.15) is 0 Å². The first-order chi connectivity index (χ1) is 9.99. The minimum atomic E-state index is 0.0958. The molecule has 0 saturated carbocycles. The highest BCUT2D eigenvalue weighted by molar-refractivity contribution is 5.99. The van der Waals surface area contributed by atoms with Crippen LogP contribution in [0.5, 0.6) is 0 Å². The molecule has 1 aromatic carbocycles. The summed E-state index contributed by atoms with van der Waals surface area (Å²) >= 11 is 0. The Kier molecular flexibility index (Phi) is 3.49.